The van der Waals surface area contributed by atoms with E-state index in [2.05, 4.69) is 30.6 Å². The van der Waals surface area contributed by atoms with Gasteiger partial charge < -0.3 is 20.4 Å². The van der Waals surface area contributed by atoms with Crippen molar-refractivity contribution in [2.24, 2.45) is 0 Å². The van der Waals surface area contributed by atoms with Crippen LogP contribution in [-0.2, 0) is 0 Å². The molecule has 21 heavy (non-hydrogen) atoms. The summed E-state index contributed by atoms with van der Waals surface area (Å²) < 4.78 is 0. The maximum absolute atomic E-state index is 9.77. The Labute approximate surface area is 128 Å². The minimum absolute atomic E-state index is 0.119. The van der Waals surface area contributed by atoms with Crippen LogP contribution >= 0.6 is 0 Å². The Hall–Kier alpha value is -1.04. The van der Waals surface area contributed by atoms with Crippen molar-refractivity contribution < 1.29 is 20.4 Å². The Kier molecular flexibility index (Phi) is 13.2. The fourth-order valence-corrected chi connectivity index (χ4v) is 1.80. The van der Waals surface area contributed by atoms with Gasteiger partial charge in [0.1, 0.15) is 6.10 Å². The molecule has 0 aliphatic carbocycles. The highest BCUT2D eigenvalue weighted by atomic mass is 16.3. The SMILES string of the molecule is CCCCCCC[C@@H](O)[C@H](O)CC#CC#C[C@H](O)CCO. The lowest BCUT2D eigenvalue weighted by atomic mass is 10.0. The number of unbranched alkanes of at least 4 members (excludes halogenated alkanes) is 4. The van der Waals surface area contributed by atoms with Gasteiger partial charge in [0.15, 0.2) is 0 Å². The Morgan fingerprint density at radius 2 is 1.57 bits per heavy atom. The van der Waals surface area contributed by atoms with E-state index in [1.54, 1.807) is 0 Å². The van der Waals surface area contributed by atoms with E-state index < -0.39 is 18.3 Å². The Bertz CT molecular complexity index is 358. The van der Waals surface area contributed by atoms with Crippen LogP contribution in [0.1, 0.15) is 58.3 Å². The first-order valence-electron chi connectivity index (χ1n) is 7.75. The van der Waals surface area contributed by atoms with Crippen LogP contribution in [0, 0.1) is 23.7 Å². The molecule has 0 saturated heterocycles. The lowest BCUT2D eigenvalue weighted by Crippen LogP contribution is -2.25. The second kappa shape index (κ2) is 13.9. The first kappa shape index (κ1) is 20.0. The van der Waals surface area contributed by atoms with Crippen molar-refractivity contribution in [2.75, 3.05) is 6.61 Å². The zero-order chi connectivity index (χ0) is 15.9. The van der Waals surface area contributed by atoms with Crippen LogP contribution in [0.3, 0.4) is 0 Å². The number of aliphatic hydroxyl groups excluding tert-OH is 4. The van der Waals surface area contributed by atoms with Gasteiger partial charge in [-0.2, -0.15) is 0 Å². The van der Waals surface area contributed by atoms with Gasteiger partial charge in [-0.1, -0.05) is 50.9 Å². The van der Waals surface area contributed by atoms with E-state index in [-0.39, 0.29) is 19.4 Å². The van der Waals surface area contributed by atoms with Gasteiger partial charge in [-0.3, -0.25) is 0 Å². The number of hydrogen-bond donors (Lipinski definition) is 4. The van der Waals surface area contributed by atoms with Crippen molar-refractivity contribution in [3.63, 3.8) is 0 Å². The third-order valence-electron chi connectivity index (χ3n) is 3.15. The average Bonchev–Trinajstić information content (AvgIpc) is 2.46. The van der Waals surface area contributed by atoms with Crippen molar-refractivity contribution in [3.05, 3.63) is 0 Å². The zero-order valence-electron chi connectivity index (χ0n) is 12.9. The van der Waals surface area contributed by atoms with Gasteiger partial charge in [0.05, 0.1) is 12.2 Å². The molecule has 4 N–H and O–H groups in total. The highest BCUT2D eigenvalue weighted by molar-refractivity contribution is 5.27. The number of rotatable bonds is 10. The number of hydrogen-bond acceptors (Lipinski definition) is 4. The second-order valence-corrected chi connectivity index (χ2v) is 5.14. The van der Waals surface area contributed by atoms with E-state index in [1.807, 2.05) is 0 Å². The molecule has 0 rings (SSSR count). The first-order chi connectivity index (χ1) is 10.1. The summed E-state index contributed by atoms with van der Waals surface area (Å²) in [5, 5.41) is 37.3. The fourth-order valence-electron chi connectivity index (χ4n) is 1.80. The van der Waals surface area contributed by atoms with Crippen LogP contribution in [0.5, 0.6) is 0 Å². The third-order valence-corrected chi connectivity index (χ3v) is 3.15. The minimum Gasteiger partial charge on any atom is -0.396 e. The molecule has 120 valence electrons. The molecule has 0 saturated carbocycles. The van der Waals surface area contributed by atoms with Gasteiger partial charge in [-0.25, -0.2) is 0 Å². The summed E-state index contributed by atoms with van der Waals surface area (Å²) in [6.45, 7) is 2.04. The van der Waals surface area contributed by atoms with Crippen LogP contribution in [0.4, 0.5) is 0 Å². The molecule has 4 nitrogen and oxygen atoms in total. The van der Waals surface area contributed by atoms with Crippen LogP contribution in [-0.4, -0.2) is 45.3 Å². The molecule has 0 aromatic rings. The topological polar surface area (TPSA) is 80.9 Å². The maximum Gasteiger partial charge on any atom is 0.117 e. The Balaban J connectivity index is 3.84. The summed E-state index contributed by atoms with van der Waals surface area (Å²) in [6.07, 6.45) is 4.06. The molecule has 0 radical (unpaired) electrons. The molecular formula is C17H28O4. The second-order valence-electron chi connectivity index (χ2n) is 5.14. The maximum atomic E-state index is 9.77. The largest absolute Gasteiger partial charge is 0.396 e. The van der Waals surface area contributed by atoms with E-state index in [9.17, 15) is 15.3 Å². The molecule has 0 aliphatic heterocycles. The molecule has 0 aromatic heterocycles. The molecule has 0 fully saturated rings. The lowest BCUT2D eigenvalue weighted by molar-refractivity contribution is 0.0165. The molecule has 3 atom stereocenters. The standard InChI is InChI=1S/C17H28O4/c1-2-3-4-5-8-11-16(20)17(21)12-9-6-7-10-15(19)13-14-18/h15-21H,2-5,8,11-14H2,1H3/t15-,16+,17+/m0/s1. The summed E-state index contributed by atoms with van der Waals surface area (Å²) in [5.74, 6) is 10.1. The smallest absolute Gasteiger partial charge is 0.117 e. The molecule has 0 bridgehead atoms. The van der Waals surface area contributed by atoms with E-state index in [1.165, 1.54) is 19.3 Å². The third kappa shape index (κ3) is 12.4. The van der Waals surface area contributed by atoms with E-state index in [0.29, 0.717) is 6.42 Å². The zero-order valence-corrected chi connectivity index (χ0v) is 12.9. The normalized spacial score (nSPS) is 14.3. The van der Waals surface area contributed by atoms with Gasteiger partial charge in [-0.05, 0) is 18.3 Å². The van der Waals surface area contributed by atoms with Gasteiger partial charge in [0.25, 0.3) is 0 Å². The Morgan fingerprint density at radius 1 is 0.857 bits per heavy atom. The molecule has 0 unspecified atom stereocenters. The van der Waals surface area contributed by atoms with Gasteiger partial charge in [0.2, 0.25) is 0 Å². The fraction of sp³-hybridized carbons (Fsp3) is 0.765. The first-order valence-corrected chi connectivity index (χ1v) is 7.75. The number of aliphatic hydroxyl groups is 4. The summed E-state index contributed by atoms with van der Waals surface area (Å²) in [6, 6.07) is 0. The highest BCUT2D eigenvalue weighted by Gasteiger charge is 2.14. The van der Waals surface area contributed by atoms with Crippen LogP contribution in [0.2, 0.25) is 0 Å². The summed E-state index contributed by atoms with van der Waals surface area (Å²) >= 11 is 0. The molecular weight excluding hydrogens is 268 g/mol. The molecule has 0 aromatic carbocycles. The van der Waals surface area contributed by atoms with E-state index in [0.717, 1.165) is 12.8 Å². The molecule has 0 heterocycles. The van der Waals surface area contributed by atoms with E-state index >= 15 is 0 Å². The molecule has 0 amide bonds. The van der Waals surface area contributed by atoms with Crippen molar-refractivity contribution in [3.8, 4) is 23.7 Å². The molecule has 0 aliphatic rings. The predicted molar refractivity (Wildman–Crippen MR) is 83.3 cm³/mol. The van der Waals surface area contributed by atoms with Gasteiger partial charge in [-0.15, -0.1) is 0 Å². The molecule has 4 heteroatoms. The average molecular weight is 296 g/mol. The van der Waals surface area contributed by atoms with Crippen molar-refractivity contribution >= 4 is 0 Å². The Morgan fingerprint density at radius 3 is 2.24 bits per heavy atom. The quantitative estimate of drug-likeness (QED) is 0.361. The van der Waals surface area contributed by atoms with Crippen molar-refractivity contribution in [1.29, 1.82) is 0 Å². The highest BCUT2D eigenvalue weighted by Crippen LogP contribution is 2.10. The van der Waals surface area contributed by atoms with Crippen LogP contribution < -0.4 is 0 Å². The van der Waals surface area contributed by atoms with Crippen molar-refractivity contribution in [1.82, 2.24) is 0 Å². The van der Waals surface area contributed by atoms with E-state index in [4.69, 9.17) is 5.11 Å². The van der Waals surface area contributed by atoms with Crippen LogP contribution in [0.15, 0.2) is 0 Å². The molecule has 0 spiro atoms. The van der Waals surface area contributed by atoms with Gasteiger partial charge in [0, 0.05) is 19.4 Å². The summed E-state index contributed by atoms with van der Waals surface area (Å²) in [7, 11) is 0. The van der Waals surface area contributed by atoms with Crippen molar-refractivity contribution in [2.45, 2.75) is 76.6 Å². The van der Waals surface area contributed by atoms with Gasteiger partial charge >= 0.3 is 0 Å². The summed E-state index contributed by atoms with van der Waals surface area (Å²) in [5.41, 5.74) is 0. The summed E-state index contributed by atoms with van der Waals surface area (Å²) in [4.78, 5) is 0. The monoisotopic (exact) mass is 296 g/mol. The van der Waals surface area contributed by atoms with Crippen LogP contribution in [0.25, 0.3) is 0 Å². The predicted octanol–water partition coefficient (Wildman–Crippen LogP) is 1.21. The minimum atomic E-state index is -0.872. The lowest BCUT2D eigenvalue weighted by Gasteiger charge is -2.15.